The average Bonchev–Trinajstić information content (AvgIpc) is 3.62. The van der Waals surface area contributed by atoms with E-state index in [9.17, 15) is 19.5 Å². The number of benzene rings is 5. The van der Waals surface area contributed by atoms with E-state index in [-0.39, 0.29) is 17.0 Å². The molecule has 222 valence electrons. The van der Waals surface area contributed by atoms with E-state index in [2.05, 4.69) is 0 Å². The molecule has 2 amide bonds. The maximum atomic E-state index is 15.8. The third kappa shape index (κ3) is 3.41. The molecule has 2 fully saturated rings. The van der Waals surface area contributed by atoms with Gasteiger partial charge in [-0.15, -0.1) is 0 Å². The third-order valence-corrected chi connectivity index (χ3v) is 9.93. The minimum Gasteiger partial charge on any atom is -0.478 e. The Bertz CT molecular complexity index is 1970. The first-order chi connectivity index (χ1) is 22.4. The predicted molar refractivity (Wildman–Crippen MR) is 174 cm³/mol. The van der Waals surface area contributed by atoms with Crippen LogP contribution in [0.5, 0.6) is 0 Å². The Morgan fingerprint density at radius 2 is 0.957 bits per heavy atom. The number of fused-ring (bicyclic) bond motifs is 5. The highest BCUT2D eigenvalue weighted by Crippen LogP contribution is 2.74. The maximum Gasteiger partial charge on any atom is 0.335 e. The smallest absolute Gasteiger partial charge is 0.335 e. The number of Topliss-reactive ketones (excluding diaryl/α,β-unsaturated/α-hetero) is 1. The summed E-state index contributed by atoms with van der Waals surface area (Å²) in [6.07, 6.45) is 0. The van der Waals surface area contributed by atoms with Gasteiger partial charge in [-0.25, -0.2) is 9.69 Å². The molecular formula is C40H27NO5. The molecule has 5 aromatic rings. The van der Waals surface area contributed by atoms with Gasteiger partial charge in [0.15, 0.2) is 5.78 Å². The first-order valence-electron chi connectivity index (χ1n) is 15.2. The van der Waals surface area contributed by atoms with Gasteiger partial charge in [-0.2, -0.15) is 0 Å². The number of carbonyl (C=O) groups is 4. The molecule has 2 bridgehead atoms. The van der Waals surface area contributed by atoms with Gasteiger partial charge in [0.05, 0.1) is 33.9 Å². The van der Waals surface area contributed by atoms with Crippen LogP contribution in [0.25, 0.3) is 11.1 Å². The van der Waals surface area contributed by atoms with Crippen LogP contribution in [0.3, 0.4) is 0 Å². The van der Waals surface area contributed by atoms with E-state index in [0.29, 0.717) is 22.3 Å². The summed E-state index contributed by atoms with van der Waals surface area (Å²) in [7, 11) is 0. The molecule has 46 heavy (non-hydrogen) atoms. The molecule has 4 unspecified atom stereocenters. The van der Waals surface area contributed by atoms with Crippen LogP contribution in [0.1, 0.15) is 32.6 Å². The molecule has 1 heterocycles. The Kier molecular flexibility index (Phi) is 6.06. The van der Waals surface area contributed by atoms with E-state index in [0.717, 1.165) is 16.0 Å². The number of hydrogen-bond acceptors (Lipinski definition) is 4. The van der Waals surface area contributed by atoms with Crippen LogP contribution < -0.4 is 4.90 Å². The van der Waals surface area contributed by atoms with Gasteiger partial charge in [-0.05, 0) is 51.6 Å². The summed E-state index contributed by atoms with van der Waals surface area (Å²) < 4.78 is 0. The molecule has 4 atom stereocenters. The van der Waals surface area contributed by atoms with E-state index < -0.39 is 40.4 Å². The van der Waals surface area contributed by atoms with Gasteiger partial charge in [0, 0.05) is 0 Å². The fourth-order valence-electron chi connectivity index (χ4n) is 8.37. The average molecular weight is 602 g/mol. The fourth-order valence-corrected chi connectivity index (χ4v) is 8.37. The molecular weight excluding hydrogens is 574 g/mol. The number of amides is 2. The molecule has 1 aliphatic heterocycles. The normalized spacial score (nSPS) is 24.9. The standard InChI is InChI=1S/C40H27NO5/c42-35-33-34(36(43)41(35)30-23-13-18-27(24-30)37(44)45)40(29-21-11-4-12-22-29)32(26-16-7-2-8-17-26)31(25-14-5-1-6-15-25)39(33,38(40)46)28-19-9-3-10-20-28/h1-24,33-34H,(H,44,45). The van der Waals surface area contributed by atoms with Crippen molar-refractivity contribution in [2.45, 2.75) is 10.8 Å². The molecule has 0 aromatic heterocycles. The quantitative estimate of drug-likeness (QED) is 0.222. The Morgan fingerprint density at radius 1 is 0.543 bits per heavy atom. The van der Waals surface area contributed by atoms with Crippen LogP contribution >= 0.6 is 0 Å². The van der Waals surface area contributed by atoms with Crippen molar-refractivity contribution in [3.05, 3.63) is 173 Å². The van der Waals surface area contributed by atoms with Crippen molar-refractivity contribution in [3.8, 4) is 0 Å². The highest BCUT2D eigenvalue weighted by molar-refractivity contribution is 6.39. The Morgan fingerprint density at radius 3 is 1.37 bits per heavy atom. The Balaban J connectivity index is 1.53. The number of allylic oxidation sites excluding steroid dienone is 2. The number of carboxylic acid groups (broad SMARTS) is 1. The van der Waals surface area contributed by atoms with Crippen LogP contribution in [0, 0.1) is 11.8 Å². The second-order valence-electron chi connectivity index (χ2n) is 12.0. The minimum atomic E-state index is -1.51. The molecule has 2 aliphatic carbocycles. The lowest BCUT2D eigenvalue weighted by molar-refractivity contribution is -0.130. The topological polar surface area (TPSA) is 91.8 Å². The molecule has 1 saturated carbocycles. The summed E-state index contributed by atoms with van der Waals surface area (Å²) in [4.78, 5) is 58.8. The minimum absolute atomic E-state index is 0.0437. The Hall–Kier alpha value is -5.88. The number of hydrogen-bond donors (Lipinski definition) is 1. The summed E-state index contributed by atoms with van der Waals surface area (Å²) >= 11 is 0. The van der Waals surface area contributed by atoms with Crippen LogP contribution in [0.2, 0.25) is 0 Å². The summed E-state index contributed by atoms with van der Waals surface area (Å²) in [5.41, 5.74) is 1.39. The van der Waals surface area contributed by atoms with E-state index in [1.165, 1.54) is 18.2 Å². The molecule has 3 aliphatic rings. The van der Waals surface area contributed by atoms with E-state index in [1.54, 1.807) is 6.07 Å². The zero-order chi connectivity index (χ0) is 31.6. The van der Waals surface area contributed by atoms with Crippen molar-refractivity contribution in [1.29, 1.82) is 0 Å². The van der Waals surface area contributed by atoms with E-state index in [1.807, 2.05) is 121 Å². The zero-order valence-corrected chi connectivity index (χ0v) is 24.5. The molecule has 1 N–H and O–H groups in total. The molecule has 6 heteroatoms. The number of nitrogens with zero attached hydrogens (tertiary/aromatic N) is 1. The number of anilines is 1. The van der Waals surface area contributed by atoms with Crippen molar-refractivity contribution in [1.82, 2.24) is 0 Å². The van der Waals surface area contributed by atoms with Gasteiger partial charge >= 0.3 is 5.97 Å². The molecule has 0 radical (unpaired) electrons. The van der Waals surface area contributed by atoms with Gasteiger partial charge in [-0.3, -0.25) is 14.4 Å². The number of carboxylic acids is 1. The molecule has 0 spiro atoms. The summed E-state index contributed by atoms with van der Waals surface area (Å²) in [6, 6.07) is 43.8. The monoisotopic (exact) mass is 601 g/mol. The molecule has 8 rings (SSSR count). The van der Waals surface area contributed by atoms with Crippen LogP contribution in [0.4, 0.5) is 5.69 Å². The van der Waals surface area contributed by atoms with Crippen LogP contribution in [0.15, 0.2) is 146 Å². The van der Waals surface area contributed by atoms with Gasteiger partial charge in [0.2, 0.25) is 11.8 Å². The number of imide groups is 1. The lowest BCUT2D eigenvalue weighted by Gasteiger charge is -2.39. The summed E-state index contributed by atoms with van der Waals surface area (Å²) in [6.45, 7) is 0. The lowest BCUT2D eigenvalue weighted by Crippen LogP contribution is -2.45. The maximum absolute atomic E-state index is 15.8. The number of carbonyl (C=O) groups excluding carboxylic acids is 3. The molecule has 5 aromatic carbocycles. The lowest BCUT2D eigenvalue weighted by atomic mass is 9.59. The largest absolute Gasteiger partial charge is 0.478 e. The van der Waals surface area contributed by atoms with Crippen molar-refractivity contribution in [2.75, 3.05) is 4.90 Å². The number of ketones is 1. The van der Waals surface area contributed by atoms with Crippen molar-refractivity contribution in [2.24, 2.45) is 11.8 Å². The van der Waals surface area contributed by atoms with Crippen molar-refractivity contribution >= 4 is 40.4 Å². The number of aromatic carboxylic acids is 1. The fraction of sp³-hybridized carbons (Fsp3) is 0.100. The molecule has 1 saturated heterocycles. The number of rotatable bonds is 6. The van der Waals surface area contributed by atoms with Gasteiger partial charge in [0.1, 0.15) is 0 Å². The Labute approximate surface area is 265 Å². The summed E-state index contributed by atoms with van der Waals surface area (Å²) in [5.74, 6) is -4.57. The van der Waals surface area contributed by atoms with Gasteiger partial charge in [0.25, 0.3) is 0 Å². The highest BCUT2D eigenvalue weighted by atomic mass is 16.4. The van der Waals surface area contributed by atoms with Gasteiger partial charge < -0.3 is 5.11 Å². The SMILES string of the molecule is O=C(O)c1cccc(N2C(=O)C3C(C2=O)C2(c4ccccc4)C(=O)C3(c3ccccc3)C(c3ccccc3)=C2c2ccccc2)c1. The first-order valence-corrected chi connectivity index (χ1v) is 15.2. The molecule has 6 nitrogen and oxygen atoms in total. The van der Waals surface area contributed by atoms with E-state index >= 15 is 4.79 Å². The predicted octanol–water partition coefficient (Wildman–Crippen LogP) is 6.57. The highest BCUT2D eigenvalue weighted by Gasteiger charge is 2.82. The van der Waals surface area contributed by atoms with Crippen LogP contribution in [-0.2, 0) is 25.2 Å². The van der Waals surface area contributed by atoms with E-state index in [4.69, 9.17) is 0 Å². The second kappa shape index (κ2) is 10.1. The third-order valence-electron chi connectivity index (χ3n) is 9.93. The zero-order valence-electron chi connectivity index (χ0n) is 24.5. The van der Waals surface area contributed by atoms with Gasteiger partial charge in [-0.1, -0.05) is 127 Å². The van der Waals surface area contributed by atoms with Crippen LogP contribution in [-0.4, -0.2) is 28.7 Å². The van der Waals surface area contributed by atoms with Crippen molar-refractivity contribution in [3.63, 3.8) is 0 Å². The first kappa shape index (κ1) is 27.7. The second-order valence-corrected chi connectivity index (χ2v) is 12.0. The van der Waals surface area contributed by atoms with Crippen molar-refractivity contribution < 1.29 is 24.3 Å². The summed E-state index contributed by atoms with van der Waals surface area (Å²) in [5, 5.41) is 9.74.